The predicted molar refractivity (Wildman–Crippen MR) is 96.8 cm³/mol. The number of aryl methyl sites for hydroxylation is 2. The van der Waals surface area contributed by atoms with Gasteiger partial charge in [0.1, 0.15) is 11.5 Å². The first-order valence-corrected chi connectivity index (χ1v) is 8.43. The molecule has 1 aromatic heterocycles. The first kappa shape index (κ1) is 17.0. The van der Waals surface area contributed by atoms with Crippen LogP contribution >= 0.6 is 0 Å². The summed E-state index contributed by atoms with van der Waals surface area (Å²) in [6.45, 7) is 4.46. The van der Waals surface area contributed by atoms with Crippen molar-refractivity contribution in [3.63, 3.8) is 0 Å². The van der Waals surface area contributed by atoms with Gasteiger partial charge in [-0.15, -0.1) is 0 Å². The van der Waals surface area contributed by atoms with Crippen molar-refractivity contribution in [1.82, 2.24) is 10.5 Å². The molecule has 0 bridgehead atoms. The number of aromatic nitrogens is 1. The van der Waals surface area contributed by atoms with Crippen molar-refractivity contribution in [3.05, 3.63) is 59.5 Å². The topological polar surface area (TPSA) is 64.4 Å². The van der Waals surface area contributed by atoms with E-state index in [4.69, 9.17) is 9.26 Å². The Morgan fingerprint density at radius 1 is 1.16 bits per heavy atom. The summed E-state index contributed by atoms with van der Waals surface area (Å²) in [6, 6.07) is 13.9. The van der Waals surface area contributed by atoms with Crippen molar-refractivity contribution in [1.29, 1.82) is 0 Å². The van der Waals surface area contributed by atoms with E-state index in [1.807, 2.05) is 56.3 Å². The monoisotopic (exact) mass is 338 g/mol. The van der Waals surface area contributed by atoms with E-state index in [0.717, 1.165) is 40.6 Å². The number of nitrogens with one attached hydrogen (secondary N) is 1. The molecule has 5 heteroatoms. The molecular weight excluding hydrogens is 316 g/mol. The van der Waals surface area contributed by atoms with Crippen LogP contribution in [0.3, 0.4) is 0 Å². The summed E-state index contributed by atoms with van der Waals surface area (Å²) in [6.07, 6.45) is 1.68. The lowest BCUT2D eigenvalue weighted by Crippen LogP contribution is -2.29. The Balaban J connectivity index is 1.41. The van der Waals surface area contributed by atoms with E-state index in [0.29, 0.717) is 12.3 Å². The molecule has 3 aromatic rings. The van der Waals surface area contributed by atoms with Crippen LogP contribution in [0.1, 0.15) is 23.4 Å². The number of rotatable bonds is 7. The van der Waals surface area contributed by atoms with Gasteiger partial charge < -0.3 is 14.6 Å². The molecule has 1 N–H and O–H groups in total. The third-order valence-electron chi connectivity index (χ3n) is 4.20. The largest absolute Gasteiger partial charge is 0.484 e. The lowest BCUT2D eigenvalue weighted by atomic mass is 10.1. The zero-order valence-corrected chi connectivity index (χ0v) is 14.5. The molecule has 0 unspecified atom stereocenters. The molecule has 0 saturated carbocycles. The van der Waals surface area contributed by atoms with Crippen LogP contribution in [0.4, 0.5) is 0 Å². The maximum atomic E-state index is 11.9. The highest BCUT2D eigenvalue weighted by Gasteiger charge is 2.09. The molecule has 130 valence electrons. The number of ether oxygens (including phenoxy) is 1. The number of carbonyl (C=O) groups is 1. The van der Waals surface area contributed by atoms with E-state index in [-0.39, 0.29) is 12.5 Å². The van der Waals surface area contributed by atoms with Crippen molar-refractivity contribution < 1.29 is 14.1 Å². The zero-order chi connectivity index (χ0) is 17.6. The summed E-state index contributed by atoms with van der Waals surface area (Å²) in [4.78, 5) is 11.9. The highest BCUT2D eigenvalue weighted by atomic mass is 16.5. The van der Waals surface area contributed by atoms with Gasteiger partial charge in [0.05, 0.1) is 5.69 Å². The molecular formula is C20H22N2O3. The summed E-state index contributed by atoms with van der Waals surface area (Å²) in [7, 11) is 0. The molecule has 0 atom stereocenters. The van der Waals surface area contributed by atoms with Crippen LogP contribution in [-0.2, 0) is 11.2 Å². The second kappa shape index (κ2) is 7.83. The molecule has 2 aromatic carbocycles. The highest BCUT2D eigenvalue weighted by molar-refractivity contribution is 5.84. The minimum absolute atomic E-state index is 0.0175. The second-order valence-electron chi connectivity index (χ2n) is 6.05. The SMILES string of the molecule is Cc1noc(C)c1CCCNC(=O)COc1ccc2ccccc2c1. The number of amides is 1. The van der Waals surface area contributed by atoms with Crippen LogP contribution in [0, 0.1) is 13.8 Å². The van der Waals surface area contributed by atoms with Gasteiger partial charge >= 0.3 is 0 Å². The van der Waals surface area contributed by atoms with E-state index in [9.17, 15) is 4.79 Å². The lowest BCUT2D eigenvalue weighted by Gasteiger charge is -2.08. The summed E-state index contributed by atoms with van der Waals surface area (Å²) in [5.74, 6) is 1.43. The van der Waals surface area contributed by atoms with Crippen molar-refractivity contribution in [2.75, 3.05) is 13.2 Å². The molecule has 0 saturated heterocycles. The highest BCUT2D eigenvalue weighted by Crippen LogP contribution is 2.20. The fourth-order valence-corrected chi connectivity index (χ4v) is 2.81. The molecule has 0 aliphatic heterocycles. The van der Waals surface area contributed by atoms with Crippen molar-refractivity contribution in [2.24, 2.45) is 0 Å². The predicted octanol–water partition coefficient (Wildman–Crippen LogP) is 3.57. The number of hydrogen-bond acceptors (Lipinski definition) is 4. The Morgan fingerprint density at radius 2 is 1.96 bits per heavy atom. The molecule has 1 amide bonds. The van der Waals surface area contributed by atoms with E-state index in [1.54, 1.807) is 0 Å². The van der Waals surface area contributed by atoms with Gasteiger partial charge in [0, 0.05) is 12.1 Å². The number of carbonyl (C=O) groups excluding carboxylic acids is 1. The van der Waals surface area contributed by atoms with E-state index < -0.39 is 0 Å². The van der Waals surface area contributed by atoms with Crippen LogP contribution in [0.25, 0.3) is 10.8 Å². The number of hydrogen-bond donors (Lipinski definition) is 1. The average Bonchev–Trinajstić information content (AvgIpc) is 2.95. The molecule has 0 aliphatic rings. The number of benzene rings is 2. The van der Waals surface area contributed by atoms with Crippen molar-refractivity contribution in [3.8, 4) is 5.75 Å². The van der Waals surface area contributed by atoms with Gasteiger partial charge in [-0.1, -0.05) is 35.5 Å². The lowest BCUT2D eigenvalue weighted by molar-refractivity contribution is -0.123. The molecule has 3 rings (SSSR count). The van der Waals surface area contributed by atoms with Gasteiger partial charge in [-0.25, -0.2) is 0 Å². The number of nitrogens with zero attached hydrogens (tertiary/aromatic N) is 1. The molecule has 5 nitrogen and oxygen atoms in total. The third-order valence-corrected chi connectivity index (χ3v) is 4.20. The van der Waals surface area contributed by atoms with E-state index >= 15 is 0 Å². The summed E-state index contributed by atoms with van der Waals surface area (Å²) >= 11 is 0. The molecule has 0 aliphatic carbocycles. The first-order chi connectivity index (χ1) is 12.1. The normalized spacial score (nSPS) is 10.8. The standard InChI is InChI=1S/C20H22N2O3/c1-14-19(15(2)25-22-14)8-5-11-21-20(23)13-24-18-10-9-16-6-3-4-7-17(16)12-18/h3-4,6-7,9-10,12H,5,8,11,13H2,1-2H3,(H,21,23). The average molecular weight is 338 g/mol. The fraction of sp³-hybridized carbons (Fsp3) is 0.300. The summed E-state index contributed by atoms with van der Waals surface area (Å²) in [5.41, 5.74) is 2.05. The second-order valence-corrected chi connectivity index (χ2v) is 6.05. The van der Waals surface area contributed by atoms with Crippen LogP contribution in [-0.4, -0.2) is 24.2 Å². The summed E-state index contributed by atoms with van der Waals surface area (Å²) in [5, 5.41) is 9.06. The Labute approximate surface area is 147 Å². The first-order valence-electron chi connectivity index (χ1n) is 8.43. The number of fused-ring (bicyclic) bond motifs is 1. The van der Waals surface area contributed by atoms with E-state index in [2.05, 4.69) is 10.5 Å². The molecule has 0 spiro atoms. The molecule has 0 fully saturated rings. The van der Waals surface area contributed by atoms with Crippen LogP contribution in [0.5, 0.6) is 5.75 Å². The molecule has 25 heavy (non-hydrogen) atoms. The van der Waals surface area contributed by atoms with Crippen molar-refractivity contribution in [2.45, 2.75) is 26.7 Å². The van der Waals surface area contributed by atoms with Gasteiger partial charge in [0.25, 0.3) is 5.91 Å². The minimum atomic E-state index is -0.119. The van der Waals surface area contributed by atoms with Gasteiger partial charge in [0.15, 0.2) is 6.61 Å². The van der Waals surface area contributed by atoms with Gasteiger partial charge in [0.2, 0.25) is 0 Å². The quantitative estimate of drug-likeness (QED) is 0.669. The Morgan fingerprint density at radius 3 is 2.72 bits per heavy atom. The summed E-state index contributed by atoms with van der Waals surface area (Å²) < 4.78 is 10.7. The van der Waals surface area contributed by atoms with Crippen LogP contribution in [0.15, 0.2) is 47.0 Å². The maximum Gasteiger partial charge on any atom is 0.257 e. The maximum absolute atomic E-state index is 11.9. The van der Waals surface area contributed by atoms with Crippen LogP contribution in [0.2, 0.25) is 0 Å². The van der Waals surface area contributed by atoms with Gasteiger partial charge in [-0.2, -0.15) is 0 Å². The smallest absolute Gasteiger partial charge is 0.257 e. The Kier molecular flexibility index (Phi) is 5.33. The minimum Gasteiger partial charge on any atom is -0.484 e. The molecule has 0 radical (unpaired) electrons. The van der Waals surface area contributed by atoms with E-state index in [1.165, 1.54) is 0 Å². The van der Waals surface area contributed by atoms with Crippen molar-refractivity contribution >= 4 is 16.7 Å². The fourth-order valence-electron chi connectivity index (χ4n) is 2.81. The third kappa shape index (κ3) is 4.38. The Bertz CT molecular complexity index is 851. The zero-order valence-electron chi connectivity index (χ0n) is 14.5. The van der Waals surface area contributed by atoms with Gasteiger partial charge in [-0.05, 0) is 49.6 Å². The Hall–Kier alpha value is -2.82. The molecule has 1 heterocycles. The van der Waals surface area contributed by atoms with Gasteiger partial charge in [-0.3, -0.25) is 4.79 Å². The van der Waals surface area contributed by atoms with Crippen LogP contribution < -0.4 is 10.1 Å².